The average Bonchev–Trinajstić information content (AvgIpc) is 2.61. The smallest absolute Gasteiger partial charge is 0.269 e. The zero-order valence-electron chi connectivity index (χ0n) is 14.8. The number of nitrogens with one attached hydrogen (secondary N) is 1. The van der Waals surface area contributed by atoms with E-state index in [4.69, 9.17) is 4.74 Å². The summed E-state index contributed by atoms with van der Waals surface area (Å²) in [5.74, 6) is 1.74. The highest BCUT2D eigenvalue weighted by atomic mass is 32.2. The van der Waals surface area contributed by atoms with Crippen molar-refractivity contribution < 1.29 is 14.5 Å². The van der Waals surface area contributed by atoms with Crippen LogP contribution in [0.1, 0.15) is 25.0 Å². The highest BCUT2D eigenvalue weighted by Gasteiger charge is 2.06. The maximum Gasteiger partial charge on any atom is 0.269 e. The Morgan fingerprint density at radius 3 is 2.31 bits per heavy atom. The molecule has 0 aliphatic rings. The lowest BCUT2D eigenvalue weighted by Crippen LogP contribution is -2.24. The van der Waals surface area contributed by atoms with Crippen LogP contribution >= 0.6 is 11.8 Å². The van der Waals surface area contributed by atoms with Gasteiger partial charge in [-0.1, -0.05) is 24.3 Å². The van der Waals surface area contributed by atoms with Crippen LogP contribution in [-0.2, 0) is 17.1 Å². The zero-order valence-corrected chi connectivity index (χ0v) is 15.6. The average molecular weight is 374 g/mol. The number of benzene rings is 2. The number of nitro benzene ring substituents is 1. The van der Waals surface area contributed by atoms with Gasteiger partial charge < -0.3 is 10.1 Å². The molecular formula is C19H22N2O4S. The van der Waals surface area contributed by atoms with Gasteiger partial charge in [0, 0.05) is 24.4 Å². The predicted molar refractivity (Wildman–Crippen MR) is 103 cm³/mol. The normalized spacial score (nSPS) is 10.6. The van der Waals surface area contributed by atoms with Crippen LogP contribution in [0.4, 0.5) is 5.69 Å². The third kappa shape index (κ3) is 6.76. The van der Waals surface area contributed by atoms with Crippen molar-refractivity contribution in [1.29, 1.82) is 0 Å². The van der Waals surface area contributed by atoms with Crippen molar-refractivity contribution in [2.75, 3.05) is 5.75 Å². The summed E-state index contributed by atoms with van der Waals surface area (Å²) in [6, 6.07) is 14.0. The number of carbonyl (C=O) groups excluding carboxylic acids is 1. The van der Waals surface area contributed by atoms with Crippen molar-refractivity contribution in [1.82, 2.24) is 5.32 Å². The largest absolute Gasteiger partial charge is 0.491 e. The summed E-state index contributed by atoms with van der Waals surface area (Å²) in [6.45, 7) is 4.42. The fourth-order valence-electron chi connectivity index (χ4n) is 2.19. The minimum Gasteiger partial charge on any atom is -0.491 e. The molecular weight excluding hydrogens is 352 g/mol. The quantitative estimate of drug-likeness (QED) is 0.531. The molecule has 2 rings (SSSR count). The molecule has 0 heterocycles. The number of nitro groups is 1. The molecule has 0 bridgehead atoms. The van der Waals surface area contributed by atoms with Crippen molar-refractivity contribution >= 4 is 23.4 Å². The second kappa shape index (κ2) is 9.82. The van der Waals surface area contributed by atoms with Crippen molar-refractivity contribution in [3.8, 4) is 5.75 Å². The highest BCUT2D eigenvalue weighted by Crippen LogP contribution is 2.17. The number of non-ortho nitro benzene ring substituents is 1. The van der Waals surface area contributed by atoms with E-state index in [1.807, 2.05) is 38.1 Å². The van der Waals surface area contributed by atoms with E-state index < -0.39 is 4.92 Å². The van der Waals surface area contributed by atoms with E-state index in [-0.39, 0.29) is 17.7 Å². The number of thioether (sulfide) groups is 1. The Morgan fingerprint density at radius 2 is 1.73 bits per heavy atom. The Hall–Kier alpha value is -2.54. The second-order valence-corrected chi connectivity index (χ2v) is 6.99. The van der Waals surface area contributed by atoms with Crippen molar-refractivity contribution in [2.45, 2.75) is 32.2 Å². The molecule has 26 heavy (non-hydrogen) atoms. The lowest BCUT2D eigenvalue weighted by molar-refractivity contribution is -0.384. The Bertz CT molecular complexity index is 730. The van der Waals surface area contributed by atoms with Gasteiger partial charge in [0.2, 0.25) is 5.91 Å². The molecule has 0 fully saturated rings. The number of nitrogens with zero attached hydrogens (tertiary/aromatic N) is 1. The molecule has 0 atom stereocenters. The number of ether oxygens (including phenoxy) is 1. The molecule has 2 aromatic rings. The summed E-state index contributed by atoms with van der Waals surface area (Å²) < 4.78 is 5.58. The molecule has 2 aromatic carbocycles. The molecule has 0 saturated heterocycles. The topological polar surface area (TPSA) is 81.5 Å². The third-order valence-corrected chi connectivity index (χ3v) is 4.44. The first-order chi connectivity index (χ1) is 12.4. The van der Waals surface area contributed by atoms with Crippen LogP contribution in [0.2, 0.25) is 0 Å². The fourth-order valence-corrected chi connectivity index (χ4v) is 3.00. The van der Waals surface area contributed by atoms with Crippen LogP contribution < -0.4 is 10.1 Å². The lowest BCUT2D eigenvalue weighted by atomic mass is 10.2. The molecule has 7 heteroatoms. The molecule has 6 nitrogen and oxygen atoms in total. The molecule has 0 unspecified atom stereocenters. The summed E-state index contributed by atoms with van der Waals surface area (Å²) in [5, 5.41) is 13.5. The van der Waals surface area contributed by atoms with Crippen LogP contribution in [0, 0.1) is 10.1 Å². The van der Waals surface area contributed by atoms with Gasteiger partial charge >= 0.3 is 0 Å². The van der Waals surface area contributed by atoms with E-state index >= 15 is 0 Å². The maximum absolute atomic E-state index is 11.9. The van der Waals surface area contributed by atoms with Gasteiger partial charge in [0.05, 0.1) is 16.8 Å². The number of hydrogen-bond acceptors (Lipinski definition) is 5. The summed E-state index contributed by atoms with van der Waals surface area (Å²) in [7, 11) is 0. The molecule has 0 radical (unpaired) electrons. The van der Waals surface area contributed by atoms with E-state index in [2.05, 4.69) is 5.32 Å². The third-order valence-electron chi connectivity index (χ3n) is 3.43. The predicted octanol–water partition coefficient (Wildman–Crippen LogP) is 3.93. The van der Waals surface area contributed by atoms with Crippen molar-refractivity contribution in [3.05, 3.63) is 69.8 Å². The molecule has 1 amide bonds. The highest BCUT2D eigenvalue weighted by molar-refractivity contribution is 7.99. The van der Waals surface area contributed by atoms with Gasteiger partial charge in [-0.15, -0.1) is 11.8 Å². The summed E-state index contributed by atoms with van der Waals surface area (Å²) >= 11 is 1.47. The fraction of sp³-hybridized carbons (Fsp3) is 0.316. The van der Waals surface area contributed by atoms with Gasteiger partial charge in [0.15, 0.2) is 0 Å². The number of rotatable bonds is 9. The van der Waals surface area contributed by atoms with E-state index in [1.165, 1.54) is 23.9 Å². The monoisotopic (exact) mass is 374 g/mol. The minimum absolute atomic E-state index is 0.0422. The number of carbonyl (C=O) groups is 1. The molecule has 0 aliphatic heterocycles. The van der Waals surface area contributed by atoms with Crippen molar-refractivity contribution in [3.63, 3.8) is 0 Å². The van der Waals surface area contributed by atoms with E-state index in [0.29, 0.717) is 18.1 Å². The van der Waals surface area contributed by atoms with Gasteiger partial charge in [-0.3, -0.25) is 14.9 Å². The van der Waals surface area contributed by atoms with Gasteiger partial charge in [-0.2, -0.15) is 0 Å². The molecule has 0 aromatic heterocycles. The molecule has 138 valence electrons. The van der Waals surface area contributed by atoms with E-state index in [1.54, 1.807) is 12.1 Å². The van der Waals surface area contributed by atoms with Crippen LogP contribution in [-0.4, -0.2) is 22.7 Å². The van der Waals surface area contributed by atoms with Crippen LogP contribution in [0.15, 0.2) is 48.5 Å². The molecule has 0 saturated carbocycles. The Labute approximate surface area is 157 Å². The van der Waals surface area contributed by atoms with E-state index in [0.717, 1.165) is 16.9 Å². The van der Waals surface area contributed by atoms with Gasteiger partial charge in [-0.25, -0.2) is 0 Å². The minimum atomic E-state index is -0.425. The van der Waals surface area contributed by atoms with Gasteiger partial charge in [-0.05, 0) is 37.1 Å². The van der Waals surface area contributed by atoms with Crippen LogP contribution in [0.5, 0.6) is 5.75 Å². The van der Waals surface area contributed by atoms with Crippen LogP contribution in [0.25, 0.3) is 0 Å². The van der Waals surface area contributed by atoms with Gasteiger partial charge in [0.1, 0.15) is 5.75 Å². The van der Waals surface area contributed by atoms with Gasteiger partial charge in [0.25, 0.3) is 5.69 Å². The summed E-state index contributed by atoms with van der Waals surface area (Å²) in [6.07, 6.45) is 0.133. The Morgan fingerprint density at radius 1 is 1.12 bits per heavy atom. The number of hydrogen-bond donors (Lipinski definition) is 1. The Balaban J connectivity index is 1.69. The first kappa shape index (κ1) is 19.8. The summed E-state index contributed by atoms with van der Waals surface area (Å²) in [5.41, 5.74) is 2.03. The molecule has 0 spiro atoms. The van der Waals surface area contributed by atoms with E-state index in [9.17, 15) is 14.9 Å². The maximum atomic E-state index is 11.9. The molecule has 0 aliphatic carbocycles. The molecule has 1 N–H and O–H groups in total. The lowest BCUT2D eigenvalue weighted by Gasteiger charge is -2.10. The Kier molecular flexibility index (Phi) is 7.47. The van der Waals surface area contributed by atoms with Crippen LogP contribution in [0.3, 0.4) is 0 Å². The first-order valence-electron chi connectivity index (χ1n) is 8.27. The zero-order chi connectivity index (χ0) is 18.9. The van der Waals surface area contributed by atoms with Crippen molar-refractivity contribution in [2.24, 2.45) is 0 Å². The first-order valence-corrected chi connectivity index (χ1v) is 9.43. The SMILES string of the molecule is CC(C)Oc1ccc(CNC(=O)CSCc2ccc([N+](=O)[O-])cc2)cc1. The standard InChI is InChI=1S/C19H22N2O4S/c1-14(2)25-18-9-5-15(6-10-18)11-20-19(22)13-26-12-16-3-7-17(8-4-16)21(23)24/h3-10,14H,11-13H2,1-2H3,(H,20,22). The summed E-state index contributed by atoms with van der Waals surface area (Å²) in [4.78, 5) is 22.1. The number of amides is 1. The second-order valence-electron chi connectivity index (χ2n) is 6.00.